The number of aromatic nitrogens is 5. The van der Waals surface area contributed by atoms with Crippen molar-refractivity contribution < 1.29 is 27.6 Å². The van der Waals surface area contributed by atoms with Gasteiger partial charge in [-0.2, -0.15) is 13.6 Å². The topological polar surface area (TPSA) is 168 Å². The average molecular weight is 460 g/mol. The van der Waals surface area contributed by atoms with Crippen LogP contribution < -0.4 is 14.1 Å². The molecule has 0 saturated carbocycles. The van der Waals surface area contributed by atoms with Crippen LogP contribution in [0.25, 0.3) is 28.0 Å². The van der Waals surface area contributed by atoms with Crippen LogP contribution in [0.2, 0.25) is 0 Å². The molecule has 0 fully saturated rings. The van der Waals surface area contributed by atoms with E-state index in [0.717, 1.165) is 16.3 Å². The fraction of sp³-hybridized carbons (Fsp3) is 0.211. The number of ether oxygens (including phenoxy) is 1. The van der Waals surface area contributed by atoms with Crippen LogP contribution in [0, 0.1) is 0 Å². The molecular formula is C19H20N6O6S. The summed E-state index contributed by atoms with van der Waals surface area (Å²) < 4.78 is 36.4. The second-order valence-electron chi connectivity index (χ2n) is 7.16. The fourth-order valence-corrected chi connectivity index (χ4v) is 3.70. The van der Waals surface area contributed by atoms with Crippen LogP contribution in [-0.2, 0) is 10.3 Å². The second kappa shape index (κ2) is 7.69. The molecule has 2 heterocycles. The minimum Gasteiger partial charge on any atom is -0.506 e. The molecule has 2 aromatic carbocycles. The zero-order valence-electron chi connectivity index (χ0n) is 17.3. The number of hydrogen-bond donors (Lipinski definition) is 3. The number of imidazole rings is 1. The van der Waals surface area contributed by atoms with E-state index in [2.05, 4.69) is 15.3 Å². The Kier molecular flexibility index (Phi) is 5.14. The molecule has 4 rings (SSSR count). The molecule has 32 heavy (non-hydrogen) atoms. The van der Waals surface area contributed by atoms with E-state index in [9.17, 15) is 18.6 Å². The molecule has 2 aromatic heterocycles. The van der Waals surface area contributed by atoms with Crippen molar-refractivity contribution in [2.24, 2.45) is 5.14 Å². The highest BCUT2D eigenvalue weighted by Crippen LogP contribution is 2.40. The van der Waals surface area contributed by atoms with Gasteiger partial charge in [-0.25, -0.2) is 9.67 Å². The highest BCUT2D eigenvalue weighted by molar-refractivity contribution is 7.84. The number of phenols is 2. The number of rotatable bonds is 6. The van der Waals surface area contributed by atoms with Crippen LogP contribution in [0.4, 0.5) is 0 Å². The third-order valence-electron chi connectivity index (χ3n) is 4.75. The van der Waals surface area contributed by atoms with Crippen LogP contribution in [0.3, 0.4) is 0 Å². The molecule has 0 aliphatic rings. The molecule has 0 spiro atoms. The van der Waals surface area contributed by atoms with Gasteiger partial charge in [0.2, 0.25) is 0 Å². The number of nitrogens with two attached hydrogens (primary N) is 1. The summed E-state index contributed by atoms with van der Waals surface area (Å²) >= 11 is 0. The van der Waals surface area contributed by atoms with Gasteiger partial charge in [0.25, 0.3) is 5.88 Å². The number of hydrogen-bond acceptors (Lipinski definition) is 9. The van der Waals surface area contributed by atoms with Crippen molar-refractivity contribution in [2.75, 3.05) is 7.11 Å². The number of nitrogens with zero attached hydrogens (tertiary/aromatic N) is 5. The van der Waals surface area contributed by atoms with Gasteiger partial charge < -0.3 is 23.7 Å². The van der Waals surface area contributed by atoms with Gasteiger partial charge in [-0.05, 0) is 19.9 Å². The van der Waals surface area contributed by atoms with Crippen molar-refractivity contribution in [3.63, 3.8) is 0 Å². The largest absolute Gasteiger partial charge is 0.506 e. The number of phenolic OH excluding ortho intramolecular Hbond substituents is 2. The quantitative estimate of drug-likeness (QED) is 0.389. The summed E-state index contributed by atoms with van der Waals surface area (Å²) in [5.41, 5.74) is 1.85. The van der Waals surface area contributed by atoms with Crippen molar-refractivity contribution in [3.8, 4) is 40.1 Å². The lowest BCUT2D eigenvalue weighted by Gasteiger charge is -2.13. The van der Waals surface area contributed by atoms with Crippen LogP contribution in [-0.4, -0.2) is 50.3 Å². The average Bonchev–Trinajstić information content (AvgIpc) is 3.31. The monoisotopic (exact) mass is 460 g/mol. The first-order valence-electron chi connectivity index (χ1n) is 9.35. The van der Waals surface area contributed by atoms with Crippen molar-refractivity contribution >= 4 is 21.3 Å². The van der Waals surface area contributed by atoms with E-state index in [4.69, 9.17) is 14.1 Å². The third-order valence-corrected chi connectivity index (χ3v) is 5.14. The van der Waals surface area contributed by atoms with E-state index in [1.807, 2.05) is 24.5 Å². The third kappa shape index (κ3) is 3.67. The molecule has 0 aliphatic heterocycles. The summed E-state index contributed by atoms with van der Waals surface area (Å²) in [4.78, 5) is 4.47. The molecular weight excluding hydrogens is 440 g/mol. The second-order valence-corrected chi connectivity index (χ2v) is 8.32. The summed E-state index contributed by atoms with van der Waals surface area (Å²) in [5.74, 6) is -1.02. The molecule has 4 aromatic rings. The molecule has 0 bridgehead atoms. The molecule has 12 nitrogen and oxygen atoms in total. The standard InChI is InChI=1S/C19H20N6O6S/c1-10(2)24-9-21-17-11(5-4-6-12(17)24)18-19(31-32(20,28)29)22-23-25(18)13-7-16(30-3)15(27)8-14(13)26/h4-10,26-27H,1-3H3,(H2,20,28,29). The Bertz CT molecular complexity index is 1430. The number of fused-ring (bicyclic) bond motifs is 1. The van der Waals surface area contributed by atoms with E-state index < -0.39 is 16.2 Å². The summed E-state index contributed by atoms with van der Waals surface area (Å²) in [5, 5.41) is 33.2. The number of methoxy groups -OCH3 is 1. The predicted octanol–water partition coefficient (Wildman–Crippen LogP) is 1.87. The van der Waals surface area contributed by atoms with Gasteiger partial charge >= 0.3 is 10.3 Å². The van der Waals surface area contributed by atoms with Gasteiger partial charge in [-0.15, -0.1) is 0 Å². The van der Waals surface area contributed by atoms with Gasteiger partial charge in [-0.3, -0.25) is 0 Å². The zero-order chi connectivity index (χ0) is 23.2. The van der Waals surface area contributed by atoms with Gasteiger partial charge in [0.15, 0.2) is 11.5 Å². The first-order chi connectivity index (χ1) is 15.1. The SMILES string of the molecule is COc1cc(-n2nnc(OS(N)(=O)=O)c2-c2cccc3c2ncn3C(C)C)c(O)cc1O. The Hall–Kier alpha value is -3.84. The summed E-state index contributed by atoms with van der Waals surface area (Å²) in [7, 11) is -3.10. The highest BCUT2D eigenvalue weighted by atomic mass is 32.2. The minimum atomic E-state index is -4.44. The van der Waals surface area contributed by atoms with E-state index in [1.165, 1.54) is 13.2 Å². The number of para-hydroxylation sites is 1. The predicted molar refractivity (Wildman–Crippen MR) is 114 cm³/mol. The molecule has 0 unspecified atom stereocenters. The summed E-state index contributed by atoms with van der Waals surface area (Å²) in [6, 6.07) is 7.79. The van der Waals surface area contributed by atoms with Crippen LogP contribution >= 0.6 is 0 Å². The van der Waals surface area contributed by atoms with E-state index >= 15 is 0 Å². The van der Waals surface area contributed by atoms with Gasteiger partial charge in [-0.1, -0.05) is 22.4 Å². The van der Waals surface area contributed by atoms with Crippen LogP contribution in [0.5, 0.6) is 23.1 Å². The first kappa shape index (κ1) is 21.4. The Morgan fingerprint density at radius 2 is 1.91 bits per heavy atom. The van der Waals surface area contributed by atoms with Crippen molar-refractivity contribution in [3.05, 3.63) is 36.7 Å². The minimum absolute atomic E-state index is 0.0479. The van der Waals surface area contributed by atoms with Gasteiger partial charge in [0.1, 0.15) is 17.1 Å². The smallest absolute Gasteiger partial charge is 0.381 e. The van der Waals surface area contributed by atoms with Crippen molar-refractivity contribution in [1.29, 1.82) is 0 Å². The summed E-state index contributed by atoms with van der Waals surface area (Å²) in [6.45, 7) is 3.99. The Labute approximate surface area is 182 Å². The van der Waals surface area contributed by atoms with Crippen molar-refractivity contribution in [2.45, 2.75) is 19.9 Å². The van der Waals surface area contributed by atoms with E-state index in [1.54, 1.807) is 18.5 Å². The van der Waals surface area contributed by atoms with Crippen molar-refractivity contribution in [1.82, 2.24) is 24.5 Å². The maximum absolute atomic E-state index is 11.7. The number of benzene rings is 2. The Morgan fingerprint density at radius 3 is 2.56 bits per heavy atom. The Balaban J connectivity index is 2.04. The van der Waals surface area contributed by atoms with E-state index in [0.29, 0.717) is 11.1 Å². The normalized spacial score (nSPS) is 11.9. The van der Waals surface area contributed by atoms with E-state index in [-0.39, 0.29) is 34.7 Å². The molecule has 4 N–H and O–H groups in total. The molecule has 13 heteroatoms. The lowest BCUT2D eigenvalue weighted by atomic mass is 10.1. The Morgan fingerprint density at radius 1 is 1.16 bits per heavy atom. The van der Waals surface area contributed by atoms with Crippen LogP contribution in [0.1, 0.15) is 19.9 Å². The molecule has 0 aliphatic carbocycles. The first-order valence-corrected chi connectivity index (χ1v) is 10.8. The molecule has 0 amide bonds. The van der Waals surface area contributed by atoms with Gasteiger partial charge in [0, 0.05) is 23.7 Å². The fourth-order valence-electron chi connectivity index (χ4n) is 3.37. The highest BCUT2D eigenvalue weighted by Gasteiger charge is 2.26. The molecule has 0 atom stereocenters. The lowest BCUT2D eigenvalue weighted by molar-refractivity contribution is 0.369. The van der Waals surface area contributed by atoms with Gasteiger partial charge in [0.05, 0.1) is 24.5 Å². The maximum atomic E-state index is 11.7. The molecule has 0 saturated heterocycles. The summed E-state index contributed by atoms with van der Waals surface area (Å²) in [6.07, 6.45) is 1.66. The van der Waals surface area contributed by atoms with Crippen LogP contribution in [0.15, 0.2) is 36.7 Å². The number of aromatic hydroxyl groups is 2. The molecule has 0 radical (unpaired) electrons. The zero-order valence-corrected chi connectivity index (χ0v) is 18.1. The molecule has 168 valence electrons. The lowest BCUT2D eigenvalue weighted by Crippen LogP contribution is -2.19. The maximum Gasteiger partial charge on any atom is 0.381 e.